The van der Waals surface area contributed by atoms with Crippen LogP contribution >= 0.6 is 0 Å². The number of carbonyl (C=O) groups is 1. The van der Waals surface area contributed by atoms with E-state index in [9.17, 15) is 9.90 Å². The van der Waals surface area contributed by atoms with Gasteiger partial charge in [-0.1, -0.05) is 30.3 Å². The lowest BCUT2D eigenvalue weighted by atomic mass is 10.00. The second-order valence-electron chi connectivity index (χ2n) is 9.75. The Morgan fingerprint density at radius 1 is 1.03 bits per heavy atom. The summed E-state index contributed by atoms with van der Waals surface area (Å²) >= 11 is 0. The van der Waals surface area contributed by atoms with Gasteiger partial charge in [0, 0.05) is 45.8 Å². The van der Waals surface area contributed by atoms with Crippen LogP contribution in [0.4, 0.5) is 0 Å². The van der Waals surface area contributed by atoms with Gasteiger partial charge in [-0.2, -0.15) is 0 Å². The molecule has 0 aromatic heterocycles. The topological polar surface area (TPSA) is 65.5 Å². The van der Waals surface area contributed by atoms with Crippen molar-refractivity contribution in [2.45, 2.75) is 38.6 Å². The van der Waals surface area contributed by atoms with E-state index in [-0.39, 0.29) is 12.0 Å². The van der Waals surface area contributed by atoms with E-state index in [2.05, 4.69) is 41.0 Å². The van der Waals surface area contributed by atoms with Gasteiger partial charge in [0.25, 0.3) is 5.91 Å². The average Bonchev–Trinajstić information content (AvgIpc) is 2.97. The molecule has 1 unspecified atom stereocenters. The zero-order valence-electron chi connectivity index (χ0n) is 20.0. The highest BCUT2D eigenvalue weighted by atomic mass is 16.5. The van der Waals surface area contributed by atoms with Crippen LogP contribution in [0.1, 0.15) is 34.0 Å². The first-order valence-corrected chi connectivity index (χ1v) is 12.4. The number of nitrogens with zero attached hydrogens (tertiary/aromatic N) is 3. The minimum absolute atomic E-state index is 0.0675. The van der Waals surface area contributed by atoms with Crippen LogP contribution in [0.5, 0.6) is 5.75 Å². The van der Waals surface area contributed by atoms with Gasteiger partial charge in [0.05, 0.1) is 30.9 Å². The van der Waals surface area contributed by atoms with Crippen LogP contribution in [0.3, 0.4) is 0 Å². The number of β-amino-alcohol motifs (C(OH)–C–C–N with tert-alkyl or cyclic N) is 1. The van der Waals surface area contributed by atoms with Gasteiger partial charge in [-0.25, -0.2) is 0 Å². The molecule has 1 saturated heterocycles. The molecule has 5 rings (SSSR count). The number of morpholine rings is 1. The summed E-state index contributed by atoms with van der Waals surface area (Å²) in [5.74, 6) is 0.579. The van der Waals surface area contributed by atoms with Crippen molar-refractivity contribution in [1.82, 2.24) is 14.7 Å². The SMILES string of the molecule is CC1CN(Cc2ccc3c(c2)OCCN(C[C@H](O)CN2CCc4ccccc4C2)C3=O)CCO1. The summed E-state index contributed by atoms with van der Waals surface area (Å²) in [7, 11) is 0. The number of carbonyl (C=O) groups excluding carboxylic acids is 1. The smallest absolute Gasteiger partial charge is 0.257 e. The van der Waals surface area contributed by atoms with Crippen molar-refractivity contribution in [2.75, 3.05) is 52.5 Å². The predicted molar refractivity (Wildman–Crippen MR) is 130 cm³/mol. The van der Waals surface area contributed by atoms with Crippen molar-refractivity contribution in [3.05, 3.63) is 64.7 Å². The number of fused-ring (bicyclic) bond motifs is 2. The first-order valence-electron chi connectivity index (χ1n) is 12.4. The Hall–Kier alpha value is -2.45. The van der Waals surface area contributed by atoms with Gasteiger partial charge in [0.1, 0.15) is 12.4 Å². The van der Waals surface area contributed by atoms with Crippen LogP contribution in [-0.4, -0.2) is 90.4 Å². The quantitative estimate of drug-likeness (QED) is 0.706. The Morgan fingerprint density at radius 2 is 1.88 bits per heavy atom. The fourth-order valence-corrected chi connectivity index (χ4v) is 5.29. The first kappa shape index (κ1) is 23.3. The lowest BCUT2D eigenvalue weighted by Gasteiger charge is -2.32. The van der Waals surface area contributed by atoms with Crippen molar-refractivity contribution in [3.8, 4) is 5.75 Å². The molecule has 2 atom stereocenters. The number of ether oxygens (including phenoxy) is 2. The molecule has 1 fully saturated rings. The highest BCUT2D eigenvalue weighted by molar-refractivity contribution is 5.97. The molecule has 3 heterocycles. The van der Waals surface area contributed by atoms with Crippen LogP contribution in [0.25, 0.3) is 0 Å². The Morgan fingerprint density at radius 3 is 2.74 bits per heavy atom. The molecule has 2 aromatic carbocycles. The van der Waals surface area contributed by atoms with E-state index in [1.54, 1.807) is 4.90 Å². The van der Waals surface area contributed by atoms with Gasteiger partial charge < -0.3 is 19.5 Å². The lowest BCUT2D eigenvalue weighted by Crippen LogP contribution is -2.44. The molecular formula is C27H35N3O4. The van der Waals surface area contributed by atoms with E-state index < -0.39 is 6.10 Å². The van der Waals surface area contributed by atoms with Gasteiger partial charge >= 0.3 is 0 Å². The molecule has 1 N–H and O–H groups in total. The highest BCUT2D eigenvalue weighted by Crippen LogP contribution is 2.26. The van der Waals surface area contributed by atoms with E-state index in [0.717, 1.165) is 51.3 Å². The standard InChI is InChI=1S/C27H35N3O4/c1-20-15-29(10-12-33-20)16-21-6-7-25-26(14-21)34-13-11-30(27(25)32)19-24(31)18-28-9-8-22-4-2-3-5-23(22)17-28/h2-7,14,20,24,31H,8-13,15-19H2,1H3/t20?,24-/m1/s1. The van der Waals surface area contributed by atoms with E-state index in [0.29, 0.717) is 37.6 Å². The maximum absolute atomic E-state index is 13.3. The Kier molecular flexibility index (Phi) is 7.15. The van der Waals surface area contributed by atoms with Crippen LogP contribution in [-0.2, 0) is 24.2 Å². The molecular weight excluding hydrogens is 430 g/mol. The summed E-state index contributed by atoms with van der Waals surface area (Å²) in [6.07, 6.45) is 0.642. The molecule has 7 nitrogen and oxygen atoms in total. The van der Waals surface area contributed by atoms with Crippen LogP contribution in [0.15, 0.2) is 42.5 Å². The number of amides is 1. The van der Waals surface area contributed by atoms with Crippen molar-refractivity contribution >= 4 is 5.91 Å². The normalized spacial score (nSPS) is 22.5. The third kappa shape index (κ3) is 5.44. The molecule has 0 saturated carbocycles. The van der Waals surface area contributed by atoms with Crippen molar-refractivity contribution in [3.63, 3.8) is 0 Å². The molecule has 182 valence electrons. The largest absolute Gasteiger partial charge is 0.491 e. The average molecular weight is 466 g/mol. The molecule has 3 aliphatic rings. The van der Waals surface area contributed by atoms with Gasteiger partial charge in [-0.3, -0.25) is 14.6 Å². The summed E-state index contributed by atoms with van der Waals surface area (Å²) in [6, 6.07) is 14.4. The maximum atomic E-state index is 13.3. The minimum atomic E-state index is -0.599. The zero-order valence-corrected chi connectivity index (χ0v) is 20.0. The molecule has 34 heavy (non-hydrogen) atoms. The van der Waals surface area contributed by atoms with Crippen LogP contribution in [0.2, 0.25) is 0 Å². The second-order valence-corrected chi connectivity index (χ2v) is 9.75. The van der Waals surface area contributed by atoms with Gasteiger partial charge in [0.2, 0.25) is 0 Å². The molecule has 0 bridgehead atoms. The molecule has 0 aliphatic carbocycles. The number of hydrogen-bond acceptors (Lipinski definition) is 6. The molecule has 3 aliphatic heterocycles. The van der Waals surface area contributed by atoms with Crippen LogP contribution in [0, 0.1) is 0 Å². The first-order chi connectivity index (χ1) is 16.5. The Balaban J connectivity index is 1.19. The van der Waals surface area contributed by atoms with Crippen molar-refractivity contribution in [1.29, 1.82) is 0 Å². The number of aliphatic hydroxyl groups excluding tert-OH is 1. The number of aliphatic hydroxyl groups is 1. The second kappa shape index (κ2) is 10.4. The van der Waals surface area contributed by atoms with E-state index >= 15 is 0 Å². The summed E-state index contributed by atoms with van der Waals surface area (Å²) in [5, 5.41) is 10.8. The summed E-state index contributed by atoms with van der Waals surface area (Å²) in [5.41, 5.74) is 4.44. The predicted octanol–water partition coefficient (Wildman–Crippen LogP) is 2.16. The third-order valence-corrected chi connectivity index (χ3v) is 7.02. The molecule has 0 radical (unpaired) electrons. The molecule has 1 amide bonds. The summed E-state index contributed by atoms with van der Waals surface area (Å²) in [4.78, 5) is 19.6. The fourth-order valence-electron chi connectivity index (χ4n) is 5.29. The van der Waals surface area contributed by atoms with Gasteiger partial charge in [-0.15, -0.1) is 0 Å². The zero-order chi connectivity index (χ0) is 23.5. The van der Waals surface area contributed by atoms with Crippen molar-refractivity contribution in [2.24, 2.45) is 0 Å². The summed E-state index contributed by atoms with van der Waals surface area (Å²) in [6.45, 7) is 9.04. The Labute approximate surface area is 201 Å². The molecule has 2 aromatic rings. The monoisotopic (exact) mass is 465 g/mol. The van der Waals surface area contributed by atoms with E-state index in [1.165, 1.54) is 11.1 Å². The lowest BCUT2D eigenvalue weighted by molar-refractivity contribution is -0.0212. The highest BCUT2D eigenvalue weighted by Gasteiger charge is 2.27. The Bertz CT molecular complexity index is 1010. The van der Waals surface area contributed by atoms with Crippen LogP contribution < -0.4 is 4.74 Å². The number of rotatable bonds is 6. The third-order valence-electron chi connectivity index (χ3n) is 7.02. The maximum Gasteiger partial charge on any atom is 0.257 e. The minimum Gasteiger partial charge on any atom is -0.491 e. The van der Waals surface area contributed by atoms with E-state index in [1.807, 2.05) is 18.2 Å². The van der Waals surface area contributed by atoms with Crippen molar-refractivity contribution < 1.29 is 19.4 Å². The number of hydrogen-bond donors (Lipinski definition) is 1. The molecule has 0 spiro atoms. The summed E-state index contributed by atoms with van der Waals surface area (Å²) < 4.78 is 11.6. The van der Waals surface area contributed by atoms with Gasteiger partial charge in [-0.05, 0) is 42.2 Å². The van der Waals surface area contributed by atoms with Gasteiger partial charge in [0.15, 0.2) is 0 Å². The fraction of sp³-hybridized carbons (Fsp3) is 0.519. The van der Waals surface area contributed by atoms with E-state index in [4.69, 9.17) is 9.47 Å². The molecule has 7 heteroatoms. The number of benzene rings is 2.